The minimum absolute atomic E-state index is 0.0269. The Labute approximate surface area is 124 Å². The van der Waals surface area contributed by atoms with E-state index in [9.17, 15) is 14.3 Å². The maximum Gasteiger partial charge on any atom is 0.220 e. The van der Waals surface area contributed by atoms with Gasteiger partial charge in [-0.05, 0) is 56.4 Å². The molecule has 0 radical (unpaired) electrons. The van der Waals surface area contributed by atoms with Crippen LogP contribution in [0.2, 0.25) is 0 Å². The van der Waals surface area contributed by atoms with Gasteiger partial charge in [0.15, 0.2) is 0 Å². The quantitative estimate of drug-likeness (QED) is 0.792. The fourth-order valence-corrected chi connectivity index (χ4v) is 2.47. The number of ether oxygens (including phenoxy) is 1. The molecule has 5 heteroatoms. The minimum Gasteiger partial charge on any atom is -0.494 e. The molecule has 0 spiro atoms. The molecule has 2 N–H and O–H groups in total. The zero-order valence-corrected chi connectivity index (χ0v) is 12.1. The molecule has 1 saturated carbocycles. The predicted molar refractivity (Wildman–Crippen MR) is 77.5 cm³/mol. The lowest BCUT2D eigenvalue weighted by molar-refractivity contribution is -0.122. The first-order valence-corrected chi connectivity index (χ1v) is 7.49. The number of hydrogen-bond donors (Lipinski definition) is 2. The van der Waals surface area contributed by atoms with Crippen LogP contribution in [0.1, 0.15) is 38.5 Å². The van der Waals surface area contributed by atoms with Gasteiger partial charge in [0.1, 0.15) is 11.6 Å². The number of nitrogens with one attached hydrogen (secondary N) is 1. The SMILES string of the molecule is O=C(CCCOc1ccc(F)cc1)NC1CCC(O)CC1. The molecule has 1 aliphatic carbocycles. The molecule has 0 aromatic heterocycles. The highest BCUT2D eigenvalue weighted by Gasteiger charge is 2.20. The Kier molecular flexibility index (Phi) is 5.99. The molecule has 4 nitrogen and oxygen atoms in total. The number of carbonyl (C=O) groups excluding carboxylic acids is 1. The Hall–Kier alpha value is -1.62. The average molecular weight is 295 g/mol. The van der Waals surface area contributed by atoms with Gasteiger partial charge in [-0.3, -0.25) is 4.79 Å². The van der Waals surface area contributed by atoms with Gasteiger partial charge < -0.3 is 15.2 Å². The van der Waals surface area contributed by atoms with Crippen LogP contribution in [0.15, 0.2) is 24.3 Å². The van der Waals surface area contributed by atoms with Gasteiger partial charge >= 0.3 is 0 Å². The van der Waals surface area contributed by atoms with Crippen LogP contribution < -0.4 is 10.1 Å². The summed E-state index contributed by atoms with van der Waals surface area (Å²) in [5.74, 6) is 0.344. The Bertz CT molecular complexity index is 441. The van der Waals surface area contributed by atoms with Gasteiger partial charge in [-0.25, -0.2) is 4.39 Å². The normalized spacial score (nSPS) is 21.8. The topological polar surface area (TPSA) is 58.6 Å². The fraction of sp³-hybridized carbons (Fsp3) is 0.562. The van der Waals surface area contributed by atoms with Crippen molar-refractivity contribution < 1.29 is 19.0 Å². The summed E-state index contributed by atoms with van der Waals surface area (Å²) in [5.41, 5.74) is 0. The Morgan fingerprint density at radius 2 is 1.90 bits per heavy atom. The van der Waals surface area contributed by atoms with Crippen molar-refractivity contribution in [3.05, 3.63) is 30.1 Å². The van der Waals surface area contributed by atoms with Crippen molar-refractivity contribution in [1.29, 1.82) is 0 Å². The molecule has 0 heterocycles. The number of benzene rings is 1. The number of amides is 1. The molecular weight excluding hydrogens is 273 g/mol. The largest absolute Gasteiger partial charge is 0.494 e. The maximum absolute atomic E-state index is 12.7. The minimum atomic E-state index is -0.292. The number of hydrogen-bond acceptors (Lipinski definition) is 3. The first kappa shape index (κ1) is 15.8. The Morgan fingerprint density at radius 3 is 2.57 bits per heavy atom. The van der Waals surface area contributed by atoms with E-state index in [-0.39, 0.29) is 23.9 Å². The molecule has 1 fully saturated rings. The number of aliphatic hydroxyl groups excluding tert-OH is 1. The third-order valence-corrected chi connectivity index (χ3v) is 3.69. The summed E-state index contributed by atoms with van der Waals surface area (Å²) in [5, 5.41) is 12.4. The van der Waals surface area contributed by atoms with Crippen LogP contribution in [0, 0.1) is 5.82 Å². The maximum atomic E-state index is 12.7. The third kappa shape index (κ3) is 5.71. The summed E-state index contributed by atoms with van der Waals surface area (Å²) in [7, 11) is 0. The predicted octanol–water partition coefficient (Wildman–Crippen LogP) is 2.40. The van der Waals surface area contributed by atoms with Gasteiger partial charge in [-0.2, -0.15) is 0 Å². The monoisotopic (exact) mass is 295 g/mol. The zero-order chi connectivity index (χ0) is 15.1. The number of carbonyl (C=O) groups is 1. The van der Waals surface area contributed by atoms with E-state index >= 15 is 0 Å². The van der Waals surface area contributed by atoms with Crippen LogP contribution in [-0.4, -0.2) is 29.8 Å². The lowest BCUT2D eigenvalue weighted by Gasteiger charge is -2.26. The van der Waals surface area contributed by atoms with Crippen molar-refractivity contribution in [2.24, 2.45) is 0 Å². The van der Waals surface area contributed by atoms with Gasteiger partial charge in [0.25, 0.3) is 0 Å². The molecule has 2 rings (SSSR count). The van der Waals surface area contributed by atoms with Gasteiger partial charge in [-0.15, -0.1) is 0 Å². The fourth-order valence-electron chi connectivity index (χ4n) is 2.47. The number of rotatable bonds is 6. The van der Waals surface area contributed by atoms with E-state index in [0.717, 1.165) is 25.7 Å². The molecular formula is C16H22FNO3. The van der Waals surface area contributed by atoms with Crippen LogP contribution in [0.25, 0.3) is 0 Å². The molecule has 1 aromatic rings. The zero-order valence-electron chi connectivity index (χ0n) is 12.1. The van der Waals surface area contributed by atoms with Gasteiger partial charge in [0.2, 0.25) is 5.91 Å². The molecule has 0 saturated heterocycles. The summed E-state index contributed by atoms with van der Waals surface area (Å²) >= 11 is 0. The Balaban J connectivity index is 1.58. The molecule has 0 atom stereocenters. The van der Waals surface area contributed by atoms with Gasteiger partial charge in [0.05, 0.1) is 12.7 Å². The van der Waals surface area contributed by atoms with Crippen LogP contribution in [0.5, 0.6) is 5.75 Å². The van der Waals surface area contributed by atoms with E-state index in [1.54, 1.807) is 12.1 Å². The lowest BCUT2D eigenvalue weighted by Crippen LogP contribution is -2.38. The van der Waals surface area contributed by atoms with Gasteiger partial charge in [0, 0.05) is 12.5 Å². The van der Waals surface area contributed by atoms with Crippen molar-refractivity contribution in [2.45, 2.75) is 50.7 Å². The summed E-state index contributed by atoms with van der Waals surface area (Å²) in [6, 6.07) is 6.03. The summed E-state index contributed by atoms with van der Waals surface area (Å²) in [6.07, 6.45) is 4.05. The lowest BCUT2D eigenvalue weighted by atomic mass is 9.93. The van der Waals surface area contributed by atoms with E-state index in [1.807, 2.05) is 0 Å². The van der Waals surface area contributed by atoms with Crippen molar-refractivity contribution >= 4 is 5.91 Å². The number of aliphatic hydroxyl groups is 1. The van der Waals surface area contributed by atoms with E-state index in [0.29, 0.717) is 25.2 Å². The van der Waals surface area contributed by atoms with Gasteiger partial charge in [-0.1, -0.05) is 0 Å². The highest BCUT2D eigenvalue weighted by Crippen LogP contribution is 2.18. The summed E-state index contributed by atoms with van der Waals surface area (Å²) in [4.78, 5) is 11.8. The van der Waals surface area contributed by atoms with Crippen molar-refractivity contribution in [3.8, 4) is 5.75 Å². The second-order valence-corrected chi connectivity index (χ2v) is 5.48. The van der Waals surface area contributed by atoms with Crippen molar-refractivity contribution in [3.63, 3.8) is 0 Å². The van der Waals surface area contributed by atoms with E-state index in [4.69, 9.17) is 4.74 Å². The van der Waals surface area contributed by atoms with Crippen LogP contribution in [-0.2, 0) is 4.79 Å². The molecule has 21 heavy (non-hydrogen) atoms. The highest BCUT2D eigenvalue weighted by molar-refractivity contribution is 5.76. The van der Waals surface area contributed by atoms with Crippen LogP contribution in [0.3, 0.4) is 0 Å². The standard InChI is InChI=1S/C16H22FNO3/c17-12-3-9-15(10-4-12)21-11-1-2-16(20)18-13-5-7-14(19)8-6-13/h3-4,9-10,13-14,19H,1-2,5-8,11H2,(H,18,20). The summed E-state index contributed by atoms with van der Waals surface area (Å²) < 4.78 is 18.1. The van der Waals surface area contributed by atoms with Crippen LogP contribution >= 0.6 is 0 Å². The van der Waals surface area contributed by atoms with Crippen molar-refractivity contribution in [2.75, 3.05) is 6.61 Å². The van der Waals surface area contributed by atoms with E-state index in [2.05, 4.69) is 5.32 Å². The molecule has 0 unspecified atom stereocenters. The molecule has 0 aliphatic heterocycles. The third-order valence-electron chi connectivity index (χ3n) is 3.69. The highest BCUT2D eigenvalue weighted by atomic mass is 19.1. The van der Waals surface area contributed by atoms with Crippen molar-refractivity contribution in [1.82, 2.24) is 5.32 Å². The molecule has 0 bridgehead atoms. The molecule has 1 aliphatic rings. The average Bonchev–Trinajstić information content (AvgIpc) is 2.48. The van der Waals surface area contributed by atoms with E-state index < -0.39 is 0 Å². The second-order valence-electron chi connectivity index (χ2n) is 5.48. The molecule has 1 aromatic carbocycles. The molecule has 116 valence electrons. The second kappa shape index (κ2) is 7.98. The Morgan fingerprint density at radius 1 is 1.24 bits per heavy atom. The molecule has 1 amide bonds. The number of halogens is 1. The smallest absolute Gasteiger partial charge is 0.220 e. The first-order valence-electron chi connectivity index (χ1n) is 7.49. The van der Waals surface area contributed by atoms with Crippen LogP contribution in [0.4, 0.5) is 4.39 Å². The first-order chi connectivity index (χ1) is 10.1. The summed E-state index contributed by atoms with van der Waals surface area (Å²) in [6.45, 7) is 0.433. The van der Waals surface area contributed by atoms with E-state index in [1.165, 1.54) is 12.1 Å².